The lowest BCUT2D eigenvalue weighted by atomic mass is 9.84. The van der Waals surface area contributed by atoms with Gasteiger partial charge in [-0.1, -0.05) is 0 Å². The van der Waals surface area contributed by atoms with Gasteiger partial charge in [0.15, 0.2) is 12.6 Å². The molecule has 0 amide bonds. The molecule has 8 unspecified atom stereocenters. The van der Waals surface area contributed by atoms with Gasteiger partial charge in [0.25, 0.3) is 0 Å². The maximum Gasteiger partial charge on any atom is 0.185 e. The zero-order chi connectivity index (χ0) is 24.5. The Morgan fingerprint density at radius 1 is 0.970 bits per heavy atom. The Hall–Kier alpha value is -0.480. The molecule has 13 atom stereocenters. The zero-order valence-electron chi connectivity index (χ0n) is 20.0. The molecule has 194 valence electrons. The molecule has 0 aromatic heterocycles. The molecule has 0 radical (unpaired) electrons. The van der Waals surface area contributed by atoms with Crippen LogP contribution >= 0.6 is 0 Å². The van der Waals surface area contributed by atoms with Crippen molar-refractivity contribution in [2.24, 2.45) is 17.2 Å². The highest BCUT2D eigenvalue weighted by Gasteiger charge is 2.50. The fourth-order valence-corrected chi connectivity index (χ4v) is 5.04. The van der Waals surface area contributed by atoms with Gasteiger partial charge in [-0.3, -0.25) is 0 Å². The summed E-state index contributed by atoms with van der Waals surface area (Å²) in [6.45, 7) is 3.52. The number of nitrogens with two attached hydrogens (primary N) is 3. The Morgan fingerprint density at radius 2 is 1.58 bits per heavy atom. The van der Waals surface area contributed by atoms with Crippen LogP contribution in [0.2, 0.25) is 0 Å². The highest BCUT2D eigenvalue weighted by molar-refractivity contribution is 5.02. The first-order chi connectivity index (χ1) is 15.5. The topological polar surface area (TPSA) is 200 Å². The van der Waals surface area contributed by atoms with Crippen LogP contribution in [0.25, 0.3) is 0 Å². The van der Waals surface area contributed by atoms with Crippen LogP contribution in [0.3, 0.4) is 0 Å². The first-order valence-electron chi connectivity index (χ1n) is 11.8. The molecule has 1 aliphatic carbocycles. The van der Waals surface area contributed by atoms with Crippen molar-refractivity contribution in [2.75, 3.05) is 20.7 Å². The number of nitrogens with one attached hydrogen (secondary N) is 2. The molecule has 0 spiro atoms. The summed E-state index contributed by atoms with van der Waals surface area (Å²) in [6, 6.07) is -2.11. The van der Waals surface area contributed by atoms with Gasteiger partial charge in [0.2, 0.25) is 0 Å². The molecule has 12 heteroatoms. The molecule has 3 aliphatic rings. The Kier molecular flexibility index (Phi) is 9.09. The largest absolute Gasteiger partial charge is 0.388 e. The first kappa shape index (κ1) is 27.1. The van der Waals surface area contributed by atoms with Crippen molar-refractivity contribution in [1.29, 1.82) is 0 Å². The van der Waals surface area contributed by atoms with Crippen LogP contribution in [0.1, 0.15) is 33.1 Å². The predicted octanol–water partition coefficient (Wildman–Crippen LogP) is -3.33. The van der Waals surface area contributed by atoms with E-state index < -0.39 is 60.7 Å². The van der Waals surface area contributed by atoms with E-state index in [9.17, 15) is 15.3 Å². The Balaban J connectivity index is 1.68. The van der Waals surface area contributed by atoms with E-state index in [1.807, 2.05) is 14.0 Å². The van der Waals surface area contributed by atoms with Crippen LogP contribution in [-0.4, -0.2) is 115 Å². The first-order valence-corrected chi connectivity index (χ1v) is 11.8. The van der Waals surface area contributed by atoms with Crippen molar-refractivity contribution in [1.82, 2.24) is 10.6 Å². The van der Waals surface area contributed by atoms with Crippen LogP contribution in [0.15, 0.2) is 0 Å². The summed E-state index contributed by atoms with van der Waals surface area (Å²) in [5, 5.41) is 38.3. The third-order valence-corrected chi connectivity index (χ3v) is 7.24. The van der Waals surface area contributed by atoms with Crippen molar-refractivity contribution in [2.45, 2.75) is 112 Å². The molecule has 1 saturated carbocycles. The number of hydrogen-bond donors (Lipinski definition) is 8. The van der Waals surface area contributed by atoms with E-state index in [2.05, 4.69) is 10.6 Å². The van der Waals surface area contributed by atoms with Gasteiger partial charge < -0.3 is 62.1 Å². The molecule has 33 heavy (non-hydrogen) atoms. The van der Waals surface area contributed by atoms with Crippen LogP contribution in [0, 0.1) is 0 Å². The lowest BCUT2D eigenvalue weighted by Crippen LogP contribution is -2.68. The summed E-state index contributed by atoms with van der Waals surface area (Å²) in [5.74, 6) is 0. The number of likely N-dealkylation sites (N-methyl/N-ethyl adjacent to an activating group) is 2. The molecular weight excluding hydrogens is 434 g/mol. The fourth-order valence-electron chi connectivity index (χ4n) is 5.04. The second-order valence-electron chi connectivity index (χ2n) is 9.91. The van der Waals surface area contributed by atoms with E-state index in [-0.39, 0.29) is 24.8 Å². The summed E-state index contributed by atoms with van der Waals surface area (Å²) < 4.78 is 23.7. The molecular formula is C21H43N5O7. The third-order valence-electron chi connectivity index (χ3n) is 7.24. The number of aliphatic hydroxyl groups is 3. The number of aliphatic hydroxyl groups excluding tert-OH is 2. The van der Waals surface area contributed by atoms with Gasteiger partial charge in [-0.05, 0) is 47.2 Å². The smallest absolute Gasteiger partial charge is 0.185 e. The molecule has 11 N–H and O–H groups in total. The van der Waals surface area contributed by atoms with Crippen LogP contribution in [0.5, 0.6) is 0 Å². The number of rotatable bonds is 7. The second-order valence-corrected chi connectivity index (χ2v) is 9.91. The SMILES string of the molecule is CNC(C)C1CCC(N)[C@@H](O[C@@H]2C(N)C[C@@H](N)C(O[C@H]3OC[C@](C)(O)C(NC)C3O)C2O)O1. The van der Waals surface area contributed by atoms with Gasteiger partial charge in [-0.2, -0.15) is 0 Å². The molecule has 12 nitrogen and oxygen atoms in total. The molecule has 0 bridgehead atoms. The standard InChI is InChI=1S/C21H43N5O7/c1-9(25-3)13-6-5-10(22)19(31-13)32-16-11(23)7-12(24)17(14(16)27)33-20-15(28)18(26-4)21(2,29)8-30-20/h9-20,25-29H,5-8,22-24H2,1-4H3/t9?,10?,11?,12-,13?,14?,15?,16-,17?,18?,19-,20-,21+/m1/s1. The van der Waals surface area contributed by atoms with Crippen LogP contribution < -0.4 is 27.8 Å². The van der Waals surface area contributed by atoms with Crippen LogP contribution in [-0.2, 0) is 18.9 Å². The molecule has 0 aromatic rings. The van der Waals surface area contributed by atoms with Gasteiger partial charge in [0, 0.05) is 18.1 Å². The second kappa shape index (κ2) is 11.1. The predicted molar refractivity (Wildman–Crippen MR) is 120 cm³/mol. The van der Waals surface area contributed by atoms with Crippen LogP contribution in [0.4, 0.5) is 0 Å². The average molecular weight is 478 g/mol. The van der Waals surface area contributed by atoms with E-state index in [1.165, 1.54) is 0 Å². The number of hydrogen-bond acceptors (Lipinski definition) is 12. The lowest BCUT2D eigenvalue weighted by Gasteiger charge is -2.48. The zero-order valence-corrected chi connectivity index (χ0v) is 20.0. The van der Waals surface area contributed by atoms with Crippen molar-refractivity contribution in [3.8, 4) is 0 Å². The fraction of sp³-hybridized carbons (Fsp3) is 1.00. The van der Waals surface area contributed by atoms with E-state index in [4.69, 9.17) is 36.1 Å². The molecule has 0 aromatic carbocycles. The van der Waals surface area contributed by atoms with Crippen molar-refractivity contribution < 1.29 is 34.3 Å². The highest BCUT2D eigenvalue weighted by atomic mass is 16.7. The van der Waals surface area contributed by atoms with Crippen molar-refractivity contribution >= 4 is 0 Å². The Morgan fingerprint density at radius 3 is 2.15 bits per heavy atom. The Labute approximate surface area is 195 Å². The molecule has 3 fully saturated rings. The normalized spacial score (nSPS) is 50.2. The number of ether oxygens (including phenoxy) is 4. The van der Waals surface area contributed by atoms with Crippen molar-refractivity contribution in [3.05, 3.63) is 0 Å². The van der Waals surface area contributed by atoms with Crippen molar-refractivity contribution in [3.63, 3.8) is 0 Å². The monoisotopic (exact) mass is 477 g/mol. The molecule has 3 rings (SSSR count). The van der Waals surface area contributed by atoms with E-state index >= 15 is 0 Å². The summed E-state index contributed by atoms with van der Waals surface area (Å²) in [5.41, 5.74) is 17.5. The van der Waals surface area contributed by atoms with E-state index in [1.54, 1.807) is 14.0 Å². The van der Waals surface area contributed by atoms with E-state index in [0.717, 1.165) is 6.42 Å². The summed E-state index contributed by atoms with van der Waals surface area (Å²) in [4.78, 5) is 0. The minimum Gasteiger partial charge on any atom is -0.388 e. The maximum absolute atomic E-state index is 11.1. The maximum atomic E-state index is 11.1. The van der Waals surface area contributed by atoms with Gasteiger partial charge in [-0.15, -0.1) is 0 Å². The third kappa shape index (κ3) is 5.85. The molecule has 2 aliphatic heterocycles. The highest BCUT2D eigenvalue weighted by Crippen LogP contribution is 2.31. The van der Waals surface area contributed by atoms with E-state index in [0.29, 0.717) is 12.8 Å². The minimum atomic E-state index is -1.29. The molecule has 2 heterocycles. The quantitative estimate of drug-likeness (QED) is 0.182. The van der Waals surface area contributed by atoms with Gasteiger partial charge in [0.1, 0.15) is 30.0 Å². The Bertz CT molecular complexity index is 632. The lowest BCUT2D eigenvalue weighted by molar-refractivity contribution is -0.307. The average Bonchev–Trinajstić information content (AvgIpc) is 2.76. The summed E-state index contributed by atoms with van der Waals surface area (Å²) >= 11 is 0. The van der Waals surface area contributed by atoms with Gasteiger partial charge >= 0.3 is 0 Å². The van der Waals surface area contributed by atoms with Gasteiger partial charge in [-0.25, -0.2) is 0 Å². The minimum absolute atomic E-state index is 0.0620. The summed E-state index contributed by atoms with van der Waals surface area (Å²) in [7, 11) is 3.49. The van der Waals surface area contributed by atoms with Gasteiger partial charge in [0.05, 0.1) is 24.8 Å². The summed E-state index contributed by atoms with van der Waals surface area (Å²) in [6.07, 6.45) is -4.22. The molecule has 2 saturated heterocycles.